The van der Waals surface area contributed by atoms with Crippen LogP contribution >= 0.6 is 0 Å². The third-order valence-corrected chi connectivity index (χ3v) is 2.54. The maximum absolute atomic E-state index is 13.7. The lowest BCUT2D eigenvalue weighted by molar-refractivity contribution is -0.120. The molecule has 1 aromatic rings. The van der Waals surface area contributed by atoms with Gasteiger partial charge >= 0.3 is 0 Å². The third kappa shape index (κ3) is 5.63. The summed E-state index contributed by atoms with van der Waals surface area (Å²) >= 11 is 0. The third-order valence-electron chi connectivity index (χ3n) is 2.54. The lowest BCUT2D eigenvalue weighted by Crippen LogP contribution is -2.30. The van der Waals surface area contributed by atoms with E-state index in [1.54, 1.807) is 6.92 Å². The summed E-state index contributed by atoms with van der Waals surface area (Å²) in [6.45, 7) is 2.16. The molecule has 21 heavy (non-hydrogen) atoms. The Kier molecular flexibility index (Phi) is 6.92. The molecule has 1 rings (SSSR count). The molecule has 112 valence electrons. The van der Waals surface area contributed by atoms with Gasteiger partial charge in [-0.25, -0.2) is 4.39 Å². The largest absolute Gasteiger partial charge is 0.384 e. The van der Waals surface area contributed by atoms with E-state index < -0.39 is 11.7 Å². The highest BCUT2D eigenvalue weighted by Crippen LogP contribution is 2.09. The quantitative estimate of drug-likeness (QED) is 0.689. The van der Waals surface area contributed by atoms with Crippen LogP contribution in [-0.2, 0) is 4.79 Å². The average molecular weight is 292 g/mol. The SMILES string of the molecule is CCNC(=O)CCNC(=O)c1ccc(C#CCO)c(F)c1. The van der Waals surface area contributed by atoms with Crippen LogP contribution in [0.25, 0.3) is 0 Å². The molecule has 0 unspecified atom stereocenters. The summed E-state index contributed by atoms with van der Waals surface area (Å²) in [6.07, 6.45) is 0.169. The molecule has 0 aromatic heterocycles. The zero-order chi connectivity index (χ0) is 15.7. The minimum absolute atomic E-state index is 0.114. The van der Waals surface area contributed by atoms with E-state index in [9.17, 15) is 14.0 Å². The highest BCUT2D eigenvalue weighted by Gasteiger charge is 2.09. The highest BCUT2D eigenvalue weighted by molar-refractivity contribution is 5.94. The van der Waals surface area contributed by atoms with Crippen LogP contribution in [0.3, 0.4) is 0 Å². The van der Waals surface area contributed by atoms with Crippen molar-refractivity contribution in [2.45, 2.75) is 13.3 Å². The number of aliphatic hydroxyl groups is 1. The molecule has 0 spiro atoms. The van der Waals surface area contributed by atoms with Gasteiger partial charge in [0.1, 0.15) is 12.4 Å². The fourth-order valence-corrected chi connectivity index (χ4v) is 1.57. The second-order valence-electron chi connectivity index (χ2n) is 4.11. The fourth-order valence-electron chi connectivity index (χ4n) is 1.57. The Morgan fingerprint density at radius 3 is 2.71 bits per heavy atom. The summed E-state index contributed by atoms with van der Waals surface area (Å²) < 4.78 is 13.7. The number of carbonyl (C=O) groups excluding carboxylic acids is 2. The molecule has 2 amide bonds. The lowest BCUT2D eigenvalue weighted by atomic mass is 10.1. The molecule has 0 aliphatic carbocycles. The molecule has 0 radical (unpaired) electrons. The molecule has 0 aliphatic heterocycles. The molecule has 0 atom stereocenters. The summed E-state index contributed by atoms with van der Waals surface area (Å²) in [7, 11) is 0. The number of rotatable bonds is 5. The van der Waals surface area contributed by atoms with Crippen LogP contribution in [0.5, 0.6) is 0 Å². The van der Waals surface area contributed by atoms with Gasteiger partial charge in [-0.1, -0.05) is 11.8 Å². The zero-order valence-corrected chi connectivity index (χ0v) is 11.7. The summed E-state index contributed by atoms with van der Waals surface area (Å²) in [6, 6.07) is 3.88. The molecule has 5 nitrogen and oxygen atoms in total. The summed E-state index contributed by atoms with van der Waals surface area (Å²) in [4.78, 5) is 23.0. The number of benzene rings is 1. The number of aliphatic hydroxyl groups excluding tert-OH is 1. The second-order valence-corrected chi connectivity index (χ2v) is 4.11. The Hall–Kier alpha value is -2.39. The van der Waals surface area contributed by atoms with Crippen LogP contribution in [0.15, 0.2) is 18.2 Å². The smallest absolute Gasteiger partial charge is 0.251 e. The van der Waals surface area contributed by atoms with E-state index in [1.807, 2.05) is 0 Å². The van der Waals surface area contributed by atoms with E-state index in [1.165, 1.54) is 12.1 Å². The Balaban J connectivity index is 2.59. The van der Waals surface area contributed by atoms with Crippen molar-refractivity contribution in [1.82, 2.24) is 10.6 Å². The second kappa shape index (κ2) is 8.72. The minimum atomic E-state index is -0.632. The summed E-state index contributed by atoms with van der Waals surface area (Å²) in [5.74, 6) is 3.53. The monoisotopic (exact) mass is 292 g/mol. The molecule has 0 saturated heterocycles. The number of hydrogen-bond donors (Lipinski definition) is 3. The van der Waals surface area contributed by atoms with Gasteiger partial charge in [-0.05, 0) is 25.1 Å². The molecule has 0 bridgehead atoms. The van der Waals surface area contributed by atoms with Gasteiger partial charge in [0.25, 0.3) is 5.91 Å². The van der Waals surface area contributed by atoms with E-state index in [0.717, 1.165) is 6.07 Å². The normalized spacial score (nSPS) is 9.48. The van der Waals surface area contributed by atoms with E-state index in [0.29, 0.717) is 6.54 Å². The molecule has 0 fully saturated rings. The minimum Gasteiger partial charge on any atom is -0.384 e. The van der Waals surface area contributed by atoms with Gasteiger partial charge in [-0.3, -0.25) is 9.59 Å². The van der Waals surface area contributed by atoms with Crippen molar-refractivity contribution in [2.75, 3.05) is 19.7 Å². The van der Waals surface area contributed by atoms with Crippen molar-refractivity contribution < 1.29 is 19.1 Å². The maximum atomic E-state index is 13.7. The Morgan fingerprint density at radius 2 is 2.10 bits per heavy atom. The molecule has 3 N–H and O–H groups in total. The van der Waals surface area contributed by atoms with Gasteiger partial charge in [-0.2, -0.15) is 0 Å². The van der Waals surface area contributed by atoms with Gasteiger partial charge in [-0.15, -0.1) is 0 Å². The first-order valence-corrected chi connectivity index (χ1v) is 6.52. The number of amides is 2. The lowest BCUT2D eigenvalue weighted by Gasteiger charge is -2.06. The number of halogens is 1. The predicted molar refractivity (Wildman–Crippen MR) is 76.0 cm³/mol. The molecule has 1 aromatic carbocycles. The van der Waals surface area contributed by atoms with Crippen LogP contribution in [0.4, 0.5) is 4.39 Å². The molecular formula is C15H17FN2O3. The Labute approximate surface area is 122 Å². The number of carbonyl (C=O) groups is 2. The highest BCUT2D eigenvalue weighted by atomic mass is 19.1. The first-order valence-electron chi connectivity index (χ1n) is 6.52. The first-order chi connectivity index (χ1) is 10.1. The van der Waals surface area contributed by atoms with Crippen LogP contribution in [0.2, 0.25) is 0 Å². The number of nitrogens with one attached hydrogen (secondary N) is 2. The molecular weight excluding hydrogens is 275 g/mol. The standard InChI is InChI=1S/C15H17FN2O3/c1-2-17-14(20)7-8-18-15(21)12-6-5-11(4-3-9-19)13(16)10-12/h5-6,10,19H,2,7-9H2,1H3,(H,17,20)(H,18,21). The van der Waals surface area contributed by atoms with E-state index in [2.05, 4.69) is 22.5 Å². The van der Waals surface area contributed by atoms with Gasteiger partial charge in [0.2, 0.25) is 5.91 Å². The van der Waals surface area contributed by atoms with E-state index in [4.69, 9.17) is 5.11 Å². The Bertz CT molecular complexity index is 576. The van der Waals surface area contributed by atoms with Crippen LogP contribution in [0.1, 0.15) is 29.3 Å². The first kappa shape index (κ1) is 16.7. The van der Waals surface area contributed by atoms with Crippen molar-refractivity contribution in [3.05, 3.63) is 35.1 Å². The van der Waals surface area contributed by atoms with Gasteiger partial charge in [0.15, 0.2) is 0 Å². The fraction of sp³-hybridized carbons (Fsp3) is 0.333. The van der Waals surface area contributed by atoms with Crippen molar-refractivity contribution in [3.8, 4) is 11.8 Å². The van der Waals surface area contributed by atoms with E-state index >= 15 is 0 Å². The topological polar surface area (TPSA) is 78.4 Å². The van der Waals surface area contributed by atoms with Crippen molar-refractivity contribution in [2.24, 2.45) is 0 Å². The van der Waals surface area contributed by atoms with Crippen LogP contribution in [0, 0.1) is 17.7 Å². The average Bonchev–Trinajstić information content (AvgIpc) is 2.46. The van der Waals surface area contributed by atoms with E-state index in [-0.39, 0.29) is 36.6 Å². The maximum Gasteiger partial charge on any atom is 0.251 e. The zero-order valence-electron chi connectivity index (χ0n) is 11.7. The van der Waals surface area contributed by atoms with Gasteiger partial charge < -0.3 is 15.7 Å². The molecule has 0 heterocycles. The van der Waals surface area contributed by atoms with Crippen LogP contribution in [-0.4, -0.2) is 36.6 Å². The van der Waals surface area contributed by atoms with Crippen molar-refractivity contribution in [1.29, 1.82) is 0 Å². The van der Waals surface area contributed by atoms with Gasteiger partial charge in [0, 0.05) is 25.1 Å². The molecule has 0 saturated carbocycles. The number of hydrogen-bond acceptors (Lipinski definition) is 3. The van der Waals surface area contributed by atoms with Crippen LogP contribution < -0.4 is 10.6 Å². The predicted octanol–water partition coefficient (Wildman–Crippen LogP) is 0.425. The Morgan fingerprint density at radius 1 is 1.33 bits per heavy atom. The van der Waals surface area contributed by atoms with Crippen molar-refractivity contribution in [3.63, 3.8) is 0 Å². The molecule has 6 heteroatoms. The summed E-state index contributed by atoms with van der Waals surface area (Å²) in [5.41, 5.74) is 0.265. The summed E-state index contributed by atoms with van der Waals surface area (Å²) in [5, 5.41) is 13.7. The molecule has 0 aliphatic rings. The van der Waals surface area contributed by atoms with Gasteiger partial charge in [0.05, 0.1) is 5.56 Å². The van der Waals surface area contributed by atoms with Crippen molar-refractivity contribution >= 4 is 11.8 Å².